The van der Waals surface area contributed by atoms with E-state index in [1.54, 1.807) is 55.6 Å². The molecule has 7 nitrogen and oxygen atoms in total. The number of amides is 3. The van der Waals surface area contributed by atoms with Crippen LogP contribution in [0.15, 0.2) is 91.0 Å². The summed E-state index contributed by atoms with van der Waals surface area (Å²) in [5, 5.41) is 10.5. The first-order chi connectivity index (χ1) is 17.9. The van der Waals surface area contributed by atoms with E-state index >= 15 is 0 Å². The van der Waals surface area contributed by atoms with E-state index in [-0.39, 0.29) is 23.3 Å². The maximum absolute atomic E-state index is 13.3. The lowest BCUT2D eigenvalue weighted by molar-refractivity contribution is -0.118. The fourth-order valence-corrected chi connectivity index (χ4v) is 4.03. The normalized spacial score (nSPS) is 11.6. The van der Waals surface area contributed by atoms with Gasteiger partial charge in [0.25, 0.3) is 11.8 Å². The molecule has 188 valence electrons. The zero-order chi connectivity index (χ0) is 26.4. The molecule has 0 bridgehead atoms. The Bertz CT molecular complexity index is 1430. The molecular formula is C30H29N3O4. The average molecular weight is 496 g/mol. The molecule has 0 radical (unpaired) electrons. The highest BCUT2D eigenvalue weighted by Crippen LogP contribution is 2.24. The minimum absolute atomic E-state index is 0.181. The fourth-order valence-electron chi connectivity index (χ4n) is 4.03. The lowest BCUT2D eigenvalue weighted by atomic mass is 10.0. The number of benzene rings is 4. The van der Waals surface area contributed by atoms with Gasteiger partial charge in [-0.05, 0) is 53.8 Å². The summed E-state index contributed by atoms with van der Waals surface area (Å²) in [5.74, 6) is -0.688. The molecule has 0 saturated heterocycles. The Morgan fingerprint density at radius 3 is 2.08 bits per heavy atom. The van der Waals surface area contributed by atoms with Gasteiger partial charge in [0.15, 0.2) is 0 Å². The van der Waals surface area contributed by atoms with Crippen LogP contribution in [0.3, 0.4) is 0 Å². The number of hydrogen-bond donors (Lipinski definition) is 3. The molecule has 0 aliphatic carbocycles. The SMILES string of the molecule is COc1ccc(C(=O)Nc2ccccc2C(=O)NC(C(=O)Nc2cccc3ccccc23)C(C)C)cc1. The summed E-state index contributed by atoms with van der Waals surface area (Å²) in [5.41, 5.74) is 1.70. The second-order valence-electron chi connectivity index (χ2n) is 8.94. The van der Waals surface area contributed by atoms with E-state index in [1.165, 1.54) is 0 Å². The first-order valence-electron chi connectivity index (χ1n) is 12.0. The first-order valence-corrected chi connectivity index (χ1v) is 12.0. The van der Waals surface area contributed by atoms with Crippen LogP contribution in [0, 0.1) is 5.92 Å². The third-order valence-corrected chi connectivity index (χ3v) is 6.06. The average Bonchev–Trinajstić information content (AvgIpc) is 2.92. The molecule has 0 aromatic heterocycles. The molecule has 3 amide bonds. The number of carbonyl (C=O) groups is 3. The van der Waals surface area contributed by atoms with E-state index in [9.17, 15) is 14.4 Å². The standard InChI is InChI=1S/C30H29N3O4/c1-19(2)27(30(36)32-25-14-8-10-20-9-4-5-11-23(20)25)33-29(35)24-12-6-7-13-26(24)31-28(34)21-15-17-22(37-3)18-16-21/h4-19,27H,1-3H3,(H,31,34)(H,32,36)(H,33,35). The fraction of sp³-hybridized carbons (Fsp3) is 0.167. The van der Waals surface area contributed by atoms with Crippen LogP contribution < -0.4 is 20.7 Å². The number of carbonyl (C=O) groups excluding carboxylic acids is 3. The molecule has 4 rings (SSSR count). The van der Waals surface area contributed by atoms with Crippen LogP contribution in [0.25, 0.3) is 10.8 Å². The summed E-state index contributed by atoms with van der Waals surface area (Å²) in [4.78, 5) is 39.3. The van der Waals surface area contributed by atoms with Gasteiger partial charge in [0.1, 0.15) is 11.8 Å². The van der Waals surface area contributed by atoms with Gasteiger partial charge in [0.05, 0.1) is 18.4 Å². The van der Waals surface area contributed by atoms with Crippen molar-refractivity contribution in [3.63, 3.8) is 0 Å². The van der Waals surface area contributed by atoms with Gasteiger partial charge in [-0.3, -0.25) is 14.4 Å². The second kappa shape index (κ2) is 11.4. The highest BCUT2D eigenvalue weighted by molar-refractivity contribution is 6.10. The van der Waals surface area contributed by atoms with Crippen molar-refractivity contribution in [1.82, 2.24) is 5.32 Å². The molecule has 0 spiro atoms. The van der Waals surface area contributed by atoms with Crippen molar-refractivity contribution < 1.29 is 19.1 Å². The van der Waals surface area contributed by atoms with Gasteiger partial charge in [-0.15, -0.1) is 0 Å². The van der Waals surface area contributed by atoms with E-state index in [1.807, 2.05) is 56.3 Å². The minimum Gasteiger partial charge on any atom is -0.497 e. The second-order valence-corrected chi connectivity index (χ2v) is 8.94. The third kappa shape index (κ3) is 5.95. The molecule has 37 heavy (non-hydrogen) atoms. The van der Waals surface area contributed by atoms with Crippen molar-refractivity contribution in [3.8, 4) is 5.75 Å². The largest absolute Gasteiger partial charge is 0.497 e. The van der Waals surface area contributed by atoms with Crippen molar-refractivity contribution in [2.45, 2.75) is 19.9 Å². The van der Waals surface area contributed by atoms with Crippen molar-refractivity contribution in [2.75, 3.05) is 17.7 Å². The van der Waals surface area contributed by atoms with Crippen molar-refractivity contribution in [1.29, 1.82) is 0 Å². The van der Waals surface area contributed by atoms with Crippen LogP contribution in [0.2, 0.25) is 0 Å². The molecule has 0 saturated carbocycles. The number of rotatable bonds is 8. The number of fused-ring (bicyclic) bond motifs is 1. The Hall–Kier alpha value is -4.65. The molecule has 4 aromatic carbocycles. The molecule has 0 aliphatic rings. The van der Waals surface area contributed by atoms with E-state index in [0.717, 1.165) is 10.8 Å². The highest BCUT2D eigenvalue weighted by Gasteiger charge is 2.26. The summed E-state index contributed by atoms with van der Waals surface area (Å²) in [7, 11) is 1.55. The van der Waals surface area contributed by atoms with Gasteiger partial charge >= 0.3 is 0 Å². The maximum atomic E-state index is 13.3. The van der Waals surface area contributed by atoms with Crippen LogP contribution in [0.1, 0.15) is 34.6 Å². The van der Waals surface area contributed by atoms with Crippen molar-refractivity contribution >= 4 is 39.9 Å². The minimum atomic E-state index is -0.795. The summed E-state index contributed by atoms with van der Waals surface area (Å²) in [6.45, 7) is 3.73. The third-order valence-electron chi connectivity index (χ3n) is 6.06. The molecule has 7 heteroatoms. The zero-order valence-corrected chi connectivity index (χ0v) is 20.9. The maximum Gasteiger partial charge on any atom is 0.255 e. The van der Waals surface area contributed by atoms with Crippen LogP contribution in [-0.4, -0.2) is 30.9 Å². The van der Waals surface area contributed by atoms with Gasteiger partial charge in [-0.25, -0.2) is 0 Å². The Morgan fingerprint density at radius 2 is 1.35 bits per heavy atom. The Labute approximate surface area is 215 Å². The lowest BCUT2D eigenvalue weighted by Gasteiger charge is -2.23. The van der Waals surface area contributed by atoms with Crippen molar-refractivity contribution in [2.24, 2.45) is 5.92 Å². The number of methoxy groups -OCH3 is 1. The predicted octanol–water partition coefficient (Wildman–Crippen LogP) is 5.49. The van der Waals surface area contributed by atoms with Gasteiger partial charge in [-0.2, -0.15) is 0 Å². The number of ether oxygens (including phenoxy) is 1. The van der Waals surface area contributed by atoms with Gasteiger partial charge in [0.2, 0.25) is 5.91 Å². The van der Waals surface area contributed by atoms with Crippen LogP contribution >= 0.6 is 0 Å². The van der Waals surface area contributed by atoms with E-state index in [4.69, 9.17) is 4.74 Å². The Kier molecular flexibility index (Phi) is 7.83. The van der Waals surface area contributed by atoms with Crippen LogP contribution in [0.4, 0.5) is 11.4 Å². The van der Waals surface area contributed by atoms with Crippen LogP contribution in [-0.2, 0) is 4.79 Å². The number of nitrogens with one attached hydrogen (secondary N) is 3. The highest BCUT2D eigenvalue weighted by atomic mass is 16.5. The molecule has 0 heterocycles. The molecule has 0 aliphatic heterocycles. The zero-order valence-electron chi connectivity index (χ0n) is 20.9. The summed E-state index contributed by atoms with van der Waals surface area (Å²) in [6, 6.07) is 26.0. The molecule has 3 N–H and O–H groups in total. The quantitative estimate of drug-likeness (QED) is 0.301. The summed E-state index contributed by atoms with van der Waals surface area (Å²) in [6.07, 6.45) is 0. The number of anilines is 2. The smallest absolute Gasteiger partial charge is 0.255 e. The Morgan fingerprint density at radius 1 is 0.703 bits per heavy atom. The number of para-hydroxylation sites is 1. The van der Waals surface area contributed by atoms with E-state index in [0.29, 0.717) is 22.7 Å². The van der Waals surface area contributed by atoms with Gasteiger partial charge < -0.3 is 20.7 Å². The monoisotopic (exact) mass is 495 g/mol. The molecule has 4 aromatic rings. The first kappa shape index (κ1) is 25.4. The molecular weight excluding hydrogens is 466 g/mol. The molecule has 0 fully saturated rings. The van der Waals surface area contributed by atoms with Gasteiger partial charge in [-0.1, -0.05) is 62.4 Å². The van der Waals surface area contributed by atoms with E-state index < -0.39 is 11.9 Å². The van der Waals surface area contributed by atoms with Crippen LogP contribution in [0.5, 0.6) is 5.75 Å². The number of hydrogen-bond acceptors (Lipinski definition) is 4. The Balaban J connectivity index is 1.51. The summed E-state index contributed by atoms with van der Waals surface area (Å²) >= 11 is 0. The topological polar surface area (TPSA) is 96.5 Å². The molecule has 1 atom stereocenters. The van der Waals surface area contributed by atoms with Crippen molar-refractivity contribution in [3.05, 3.63) is 102 Å². The lowest BCUT2D eigenvalue weighted by Crippen LogP contribution is -2.47. The predicted molar refractivity (Wildman–Crippen MR) is 146 cm³/mol. The molecule has 1 unspecified atom stereocenters. The van der Waals surface area contributed by atoms with Gasteiger partial charge in [0, 0.05) is 16.6 Å². The van der Waals surface area contributed by atoms with E-state index in [2.05, 4.69) is 16.0 Å². The summed E-state index contributed by atoms with van der Waals surface area (Å²) < 4.78 is 5.13.